The van der Waals surface area contributed by atoms with E-state index < -0.39 is 6.17 Å². The van der Waals surface area contributed by atoms with E-state index in [1.54, 1.807) is 0 Å². The first kappa shape index (κ1) is 25.7. The van der Waals surface area contributed by atoms with Gasteiger partial charge in [0.2, 0.25) is 0 Å². The number of carbonyl (C=O) groups is 1. The van der Waals surface area contributed by atoms with E-state index in [1.165, 1.54) is 0 Å². The number of carbonyl (C=O) groups excluding carboxylic acids is 1. The Morgan fingerprint density at radius 1 is 1.08 bits per heavy atom. The molecule has 1 aromatic heterocycles. The van der Waals surface area contributed by atoms with Gasteiger partial charge >= 0.3 is 0 Å². The molecule has 1 saturated heterocycles. The van der Waals surface area contributed by atoms with Crippen LogP contribution < -0.4 is 15.8 Å². The molecule has 3 heterocycles. The number of hydrogen-bond donors (Lipinski definition) is 2. The fraction of sp³-hybridized carbons (Fsp3) is 0.533. The van der Waals surface area contributed by atoms with Crippen molar-refractivity contribution in [1.29, 1.82) is 0 Å². The predicted octanol–water partition coefficient (Wildman–Crippen LogP) is 4.45. The molecular weight excluding hydrogens is 467 g/mol. The van der Waals surface area contributed by atoms with Crippen LogP contribution in [-0.4, -0.2) is 53.7 Å². The summed E-state index contributed by atoms with van der Waals surface area (Å²) < 4.78 is 13.4. The minimum Gasteiger partial charge on any atom is -0.369 e. The number of H-pyrrole nitrogens is 1. The molecule has 0 bridgehead atoms. The molecule has 0 spiro atoms. The Kier molecular flexibility index (Phi) is 7.79. The maximum atomic E-state index is 13.4. The van der Waals surface area contributed by atoms with Gasteiger partial charge in [-0.05, 0) is 88.1 Å². The van der Waals surface area contributed by atoms with Gasteiger partial charge in [0.25, 0.3) is 11.5 Å². The second-order valence-electron chi connectivity index (χ2n) is 10.8. The summed E-state index contributed by atoms with van der Waals surface area (Å²) in [5.74, 6) is -0.143. The van der Waals surface area contributed by atoms with Gasteiger partial charge in [-0.3, -0.25) is 14.5 Å². The zero-order valence-electron chi connectivity index (χ0n) is 22.1. The first-order valence-corrected chi connectivity index (χ1v) is 13.9. The minimum atomic E-state index is -0.648. The van der Waals surface area contributed by atoms with Crippen molar-refractivity contribution in [3.05, 3.63) is 74.7 Å². The molecule has 1 amide bonds. The summed E-state index contributed by atoms with van der Waals surface area (Å²) in [5.41, 5.74) is 5.19. The van der Waals surface area contributed by atoms with Crippen LogP contribution in [0.15, 0.2) is 41.2 Å². The monoisotopic (exact) mass is 506 g/mol. The summed E-state index contributed by atoms with van der Waals surface area (Å²) in [6.07, 6.45) is 10.3. The van der Waals surface area contributed by atoms with E-state index in [9.17, 15) is 14.0 Å². The highest BCUT2D eigenvalue weighted by Crippen LogP contribution is 2.34. The molecule has 198 valence electrons. The number of amides is 1. The Balaban J connectivity index is 1.39. The Bertz CT molecular complexity index is 1210. The summed E-state index contributed by atoms with van der Waals surface area (Å²) in [4.78, 5) is 33.7. The standard InChI is InChI=1S/C30H39FN4O2/c1-3-35(24-14-12-23(13-15-24)34-18-22(31)19-34)28-11-7-10-26-25(28)9-6-4-5-8-21-16-20(2)33-30(37)27(21)17-32-29(26)36/h4,6-7,10-11,16,22-24H,3,5,8-9,12-15,17-19H2,1-2H3,(H,32,36)(H,33,37)/b6-4-. The number of halogens is 1. The minimum absolute atomic E-state index is 0.127. The molecule has 0 radical (unpaired) electrons. The average molecular weight is 507 g/mol. The molecule has 1 saturated carbocycles. The van der Waals surface area contributed by atoms with Crippen molar-refractivity contribution in [2.45, 2.75) is 83.6 Å². The SMILES string of the molecule is CCN(c1cccc2c1C/C=C\CCc1cc(C)[nH]c(=O)c1CNC2=O)C1CCC(N2CC(F)C2)CC1. The zero-order chi connectivity index (χ0) is 25.9. The molecule has 0 unspecified atom stereocenters. The van der Waals surface area contributed by atoms with E-state index in [1.807, 2.05) is 25.1 Å². The van der Waals surface area contributed by atoms with E-state index >= 15 is 0 Å². The number of allylic oxidation sites excluding steroid dienone is 2. The predicted molar refractivity (Wildman–Crippen MR) is 146 cm³/mol. The number of pyridine rings is 1. The lowest BCUT2D eigenvalue weighted by Crippen LogP contribution is -2.55. The van der Waals surface area contributed by atoms with Crippen LogP contribution in [0.1, 0.15) is 71.8 Å². The van der Waals surface area contributed by atoms with E-state index in [4.69, 9.17) is 0 Å². The fourth-order valence-corrected chi connectivity index (χ4v) is 6.41. The lowest BCUT2D eigenvalue weighted by molar-refractivity contribution is 0.0120. The van der Waals surface area contributed by atoms with Gasteiger partial charge in [-0.15, -0.1) is 0 Å². The summed E-state index contributed by atoms with van der Waals surface area (Å²) in [7, 11) is 0. The number of hydrogen-bond acceptors (Lipinski definition) is 4. The van der Waals surface area contributed by atoms with Crippen LogP contribution in [0.4, 0.5) is 10.1 Å². The van der Waals surface area contributed by atoms with Crippen molar-refractivity contribution in [2.24, 2.45) is 0 Å². The second kappa shape index (κ2) is 11.2. The molecular formula is C30H39FN4O2. The number of likely N-dealkylation sites (tertiary alicyclic amines) is 1. The van der Waals surface area contributed by atoms with Crippen molar-refractivity contribution in [2.75, 3.05) is 24.5 Å². The summed E-state index contributed by atoms with van der Waals surface area (Å²) in [6, 6.07) is 8.95. The van der Waals surface area contributed by atoms with Crippen LogP contribution in [0.2, 0.25) is 0 Å². The molecule has 1 aliphatic carbocycles. The van der Waals surface area contributed by atoms with Gasteiger partial charge in [-0.2, -0.15) is 0 Å². The van der Waals surface area contributed by atoms with Crippen molar-refractivity contribution in [3.63, 3.8) is 0 Å². The third-order valence-corrected chi connectivity index (χ3v) is 8.39. The largest absolute Gasteiger partial charge is 0.369 e. The smallest absolute Gasteiger partial charge is 0.253 e. The zero-order valence-corrected chi connectivity index (χ0v) is 22.1. The van der Waals surface area contributed by atoms with Crippen molar-refractivity contribution in [1.82, 2.24) is 15.2 Å². The molecule has 7 heteroatoms. The number of nitrogens with one attached hydrogen (secondary N) is 2. The van der Waals surface area contributed by atoms with Gasteiger partial charge in [0.05, 0.1) is 0 Å². The van der Waals surface area contributed by atoms with Gasteiger partial charge in [0.1, 0.15) is 6.17 Å². The fourth-order valence-electron chi connectivity index (χ4n) is 6.41. The summed E-state index contributed by atoms with van der Waals surface area (Å²) >= 11 is 0. The molecule has 2 aliphatic heterocycles. The summed E-state index contributed by atoms with van der Waals surface area (Å²) in [6.45, 7) is 6.35. The van der Waals surface area contributed by atoms with Crippen LogP contribution in [0, 0.1) is 6.92 Å². The highest BCUT2D eigenvalue weighted by molar-refractivity contribution is 5.97. The lowest BCUT2D eigenvalue weighted by Gasteiger charge is -2.46. The summed E-state index contributed by atoms with van der Waals surface area (Å²) in [5, 5.41) is 3.03. The Hall–Kier alpha value is -2.93. The molecule has 1 aromatic carbocycles. The van der Waals surface area contributed by atoms with Crippen LogP contribution in [-0.2, 0) is 19.4 Å². The number of alkyl halides is 1. The number of aromatic amines is 1. The van der Waals surface area contributed by atoms with Crippen LogP contribution >= 0.6 is 0 Å². The molecule has 37 heavy (non-hydrogen) atoms. The van der Waals surface area contributed by atoms with Crippen LogP contribution in [0.3, 0.4) is 0 Å². The Morgan fingerprint density at radius 2 is 1.86 bits per heavy atom. The van der Waals surface area contributed by atoms with E-state index in [0.29, 0.717) is 42.7 Å². The van der Waals surface area contributed by atoms with E-state index in [0.717, 1.165) is 67.6 Å². The molecule has 3 aliphatic rings. The van der Waals surface area contributed by atoms with E-state index in [2.05, 4.69) is 45.2 Å². The topological polar surface area (TPSA) is 68.4 Å². The number of aryl methyl sites for hydroxylation is 2. The Labute approximate surface area is 218 Å². The van der Waals surface area contributed by atoms with Gasteiger partial charge in [0.15, 0.2) is 0 Å². The third-order valence-electron chi connectivity index (χ3n) is 8.39. The van der Waals surface area contributed by atoms with E-state index in [-0.39, 0.29) is 18.0 Å². The quantitative estimate of drug-likeness (QED) is 0.602. The van der Waals surface area contributed by atoms with Crippen molar-refractivity contribution < 1.29 is 9.18 Å². The third kappa shape index (κ3) is 5.52. The maximum Gasteiger partial charge on any atom is 0.253 e. The normalized spacial score (nSPS) is 24.0. The number of nitrogens with zero attached hydrogens (tertiary/aromatic N) is 2. The highest BCUT2D eigenvalue weighted by Gasteiger charge is 2.36. The average Bonchev–Trinajstić information content (AvgIpc) is 2.86. The number of anilines is 1. The first-order valence-electron chi connectivity index (χ1n) is 13.9. The number of benzene rings is 1. The van der Waals surface area contributed by atoms with Gasteiger partial charge in [-0.25, -0.2) is 4.39 Å². The lowest BCUT2D eigenvalue weighted by atomic mass is 9.87. The van der Waals surface area contributed by atoms with Crippen LogP contribution in [0.5, 0.6) is 0 Å². The number of rotatable bonds is 4. The molecule has 2 N–H and O–H groups in total. The van der Waals surface area contributed by atoms with Crippen molar-refractivity contribution >= 4 is 11.6 Å². The second-order valence-corrected chi connectivity index (χ2v) is 10.8. The molecule has 0 atom stereocenters. The maximum absolute atomic E-state index is 13.4. The number of aromatic nitrogens is 1. The molecule has 2 aromatic rings. The highest BCUT2D eigenvalue weighted by atomic mass is 19.1. The van der Waals surface area contributed by atoms with Crippen molar-refractivity contribution in [3.8, 4) is 0 Å². The van der Waals surface area contributed by atoms with Gasteiger partial charge < -0.3 is 15.2 Å². The van der Waals surface area contributed by atoms with Gasteiger partial charge in [-0.1, -0.05) is 18.2 Å². The molecule has 2 fully saturated rings. The molecule has 5 rings (SSSR count). The van der Waals surface area contributed by atoms with Crippen LogP contribution in [0.25, 0.3) is 0 Å². The van der Waals surface area contributed by atoms with Gasteiger partial charge in [0, 0.05) is 60.8 Å². The first-order chi connectivity index (χ1) is 17.9. The Morgan fingerprint density at radius 3 is 2.59 bits per heavy atom. The molecule has 6 nitrogen and oxygen atoms in total. The number of fused-ring (bicyclic) bond motifs is 2.